The van der Waals surface area contributed by atoms with Gasteiger partial charge in [-0.25, -0.2) is 0 Å². The maximum atomic E-state index is 12.8. The van der Waals surface area contributed by atoms with E-state index in [0.29, 0.717) is 40.3 Å². The van der Waals surface area contributed by atoms with Gasteiger partial charge in [-0.3, -0.25) is 19.3 Å². The van der Waals surface area contributed by atoms with Gasteiger partial charge in [0, 0.05) is 5.69 Å². The molecule has 1 fully saturated rings. The zero-order chi connectivity index (χ0) is 25.0. The molecule has 2 aromatic carbocycles. The fourth-order valence-corrected chi connectivity index (χ4v) is 4.12. The van der Waals surface area contributed by atoms with Gasteiger partial charge in [0.25, 0.3) is 11.1 Å². The summed E-state index contributed by atoms with van der Waals surface area (Å²) in [5, 5.41) is 1.81. The minimum absolute atomic E-state index is 0.0409. The third kappa shape index (κ3) is 5.84. The molecule has 7 nitrogen and oxygen atoms in total. The van der Waals surface area contributed by atoms with Crippen molar-refractivity contribution in [2.75, 3.05) is 25.6 Å². The summed E-state index contributed by atoms with van der Waals surface area (Å²) >= 11 is 6.85. The van der Waals surface area contributed by atoms with E-state index in [-0.39, 0.29) is 15.6 Å². The van der Waals surface area contributed by atoms with E-state index in [1.807, 2.05) is 0 Å². The highest BCUT2D eigenvalue weighted by Crippen LogP contribution is 2.39. The van der Waals surface area contributed by atoms with Crippen LogP contribution in [0.5, 0.6) is 11.5 Å². The second kappa shape index (κ2) is 10.4. The Bertz CT molecular complexity index is 1170. The van der Waals surface area contributed by atoms with Crippen molar-refractivity contribution in [2.45, 2.75) is 13.1 Å². The summed E-state index contributed by atoms with van der Waals surface area (Å²) in [6.07, 6.45) is -3.16. The van der Waals surface area contributed by atoms with E-state index in [1.165, 1.54) is 25.3 Å². The minimum Gasteiger partial charge on any atom is -0.493 e. The quantitative estimate of drug-likeness (QED) is 0.495. The van der Waals surface area contributed by atoms with Gasteiger partial charge in [0.2, 0.25) is 5.91 Å². The number of anilines is 1. The third-order valence-corrected chi connectivity index (χ3v) is 5.68. The predicted octanol–water partition coefficient (Wildman–Crippen LogP) is 5.44. The number of carbonyl (C=O) groups is 3. The van der Waals surface area contributed by atoms with Gasteiger partial charge in [0.05, 0.1) is 29.2 Å². The lowest BCUT2D eigenvalue weighted by molar-refractivity contribution is -0.137. The molecule has 1 N–H and O–H groups in total. The fourth-order valence-electron chi connectivity index (χ4n) is 3.01. The van der Waals surface area contributed by atoms with E-state index in [2.05, 4.69) is 5.32 Å². The van der Waals surface area contributed by atoms with Gasteiger partial charge in [-0.15, -0.1) is 0 Å². The number of alkyl halides is 3. The number of thioether (sulfide) groups is 1. The van der Waals surface area contributed by atoms with Crippen LogP contribution in [0, 0.1) is 0 Å². The standard InChI is InChI=1S/C22H18ClF3N2O5S/c1-3-33-19-15(23)7-12(8-16(19)32-2)9-17-20(30)28(21(31)34-17)11-18(29)27-14-6-4-5-13(10-14)22(24,25)26/h4-10H,3,11H2,1-2H3,(H,27,29)/b17-9-. The van der Waals surface area contributed by atoms with Gasteiger partial charge < -0.3 is 14.8 Å². The molecule has 0 atom stereocenters. The number of nitrogens with one attached hydrogen (secondary N) is 1. The molecule has 34 heavy (non-hydrogen) atoms. The number of carbonyl (C=O) groups excluding carboxylic acids is 3. The maximum Gasteiger partial charge on any atom is 0.416 e. The Balaban J connectivity index is 1.74. The second-order valence-corrected chi connectivity index (χ2v) is 8.26. The first kappa shape index (κ1) is 25.4. The van der Waals surface area contributed by atoms with Crippen molar-refractivity contribution < 1.29 is 37.0 Å². The summed E-state index contributed by atoms with van der Waals surface area (Å²) in [5.74, 6) is -0.879. The molecule has 1 heterocycles. The lowest BCUT2D eigenvalue weighted by atomic mass is 10.1. The number of amides is 3. The number of imide groups is 1. The zero-order valence-electron chi connectivity index (χ0n) is 17.9. The maximum absolute atomic E-state index is 12.8. The summed E-state index contributed by atoms with van der Waals surface area (Å²) in [6, 6.07) is 7.13. The van der Waals surface area contributed by atoms with Crippen LogP contribution in [0.3, 0.4) is 0 Å². The molecule has 1 saturated heterocycles. The van der Waals surface area contributed by atoms with Crippen LogP contribution in [0.4, 0.5) is 23.7 Å². The summed E-state index contributed by atoms with van der Waals surface area (Å²) in [4.78, 5) is 38.1. The van der Waals surface area contributed by atoms with Crippen molar-refractivity contribution in [2.24, 2.45) is 0 Å². The molecule has 2 aromatic rings. The fraction of sp³-hybridized carbons (Fsp3) is 0.227. The number of methoxy groups -OCH3 is 1. The van der Waals surface area contributed by atoms with Crippen molar-refractivity contribution in [3.8, 4) is 11.5 Å². The van der Waals surface area contributed by atoms with Crippen LogP contribution in [0.2, 0.25) is 5.02 Å². The molecule has 1 aliphatic rings. The molecule has 0 unspecified atom stereocenters. The van der Waals surface area contributed by atoms with E-state index in [4.69, 9.17) is 21.1 Å². The molecule has 180 valence electrons. The number of benzene rings is 2. The third-order valence-electron chi connectivity index (χ3n) is 4.49. The Morgan fingerprint density at radius 1 is 1.24 bits per heavy atom. The van der Waals surface area contributed by atoms with Crippen LogP contribution in [-0.2, 0) is 15.8 Å². The van der Waals surface area contributed by atoms with Gasteiger partial charge in [-0.1, -0.05) is 17.7 Å². The second-order valence-electron chi connectivity index (χ2n) is 6.86. The average Bonchev–Trinajstić information content (AvgIpc) is 3.02. The molecular formula is C22H18ClF3N2O5S. The Morgan fingerprint density at radius 2 is 1.97 bits per heavy atom. The van der Waals surface area contributed by atoms with Gasteiger partial charge in [0.1, 0.15) is 6.54 Å². The summed E-state index contributed by atoms with van der Waals surface area (Å²) in [7, 11) is 1.43. The monoisotopic (exact) mass is 514 g/mol. The number of hydrogen-bond acceptors (Lipinski definition) is 6. The van der Waals surface area contributed by atoms with Gasteiger partial charge in [0.15, 0.2) is 11.5 Å². The Kier molecular flexibility index (Phi) is 7.78. The van der Waals surface area contributed by atoms with E-state index < -0.39 is 35.3 Å². The van der Waals surface area contributed by atoms with Crippen LogP contribution < -0.4 is 14.8 Å². The lowest BCUT2D eigenvalue weighted by Crippen LogP contribution is -2.36. The summed E-state index contributed by atoms with van der Waals surface area (Å²) in [5.41, 5.74) is -0.591. The van der Waals surface area contributed by atoms with Crippen LogP contribution in [0.15, 0.2) is 41.3 Å². The molecule has 0 aliphatic carbocycles. The van der Waals surface area contributed by atoms with Crippen LogP contribution >= 0.6 is 23.4 Å². The first-order chi connectivity index (χ1) is 16.0. The summed E-state index contributed by atoms with van der Waals surface area (Å²) in [6.45, 7) is 1.48. The smallest absolute Gasteiger partial charge is 0.416 e. The van der Waals surface area contributed by atoms with E-state index >= 15 is 0 Å². The molecule has 1 aliphatic heterocycles. The van der Waals surface area contributed by atoms with E-state index in [9.17, 15) is 27.6 Å². The zero-order valence-corrected chi connectivity index (χ0v) is 19.4. The minimum atomic E-state index is -4.58. The molecule has 0 aromatic heterocycles. The SMILES string of the molecule is CCOc1c(Cl)cc(/C=C2\SC(=O)N(CC(=O)Nc3cccc(C(F)(F)F)c3)C2=O)cc1OC. The first-order valence-electron chi connectivity index (χ1n) is 9.76. The Morgan fingerprint density at radius 3 is 2.62 bits per heavy atom. The first-order valence-corrected chi connectivity index (χ1v) is 11.0. The molecule has 0 bridgehead atoms. The van der Waals surface area contributed by atoms with Gasteiger partial charge >= 0.3 is 6.18 Å². The average molecular weight is 515 g/mol. The van der Waals surface area contributed by atoms with Crippen LogP contribution in [0.1, 0.15) is 18.1 Å². The highest BCUT2D eigenvalue weighted by molar-refractivity contribution is 8.18. The summed E-state index contributed by atoms with van der Waals surface area (Å²) < 4.78 is 49.2. The van der Waals surface area contributed by atoms with Crippen molar-refractivity contribution >= 4 is 52.2 Å². The molecule has 3 amide bonds. The lowest BCUT2D eigenvalue weighted by Gasteiger charge is -2.14. The topological polar surface area (TPSA) is 84.9 Å². The van der Waals surface area contributed by atoms with Crippen molar-refractivity contribution in [3.63, 3.8) is 0 Å². The van der Waals surface area contributed by atoms with E-state index in [1.54, 1.807) is 13.0 Å². The van der Waals surface area contributed by atoms with Crippen molar-refractivity contribution in [3.05, 3.63) is 57.5 Å². The largest absolute Gasteiger partial charge is 0.493 e. The highest BCUT2D eigenvalue weighted by atomic mass is 35.5. The highest BCUT2D eigenvalue weighted by Gasteiger charge is 2.36. The number of halogens is 4. The molecule has 12 heteroatoms. The van der Waals surface area contributed by atoms with Crippen LogP contribution in [0.25, 0.3) is 6.08 Å². The molecule has 3 rings (SSSR count). The van der Waals surface area contributed by atoms with Crippen molar-refractivity contribution in [1.29, 1.82) is 0 Å². The predicted molar refractivity (Wildman–Crippen MR) is 122 cm³/mol. The molecule has 0 saturated carbocycles. The molecule has 0 spiro atoms. The number of ether oxygens (including phenoxy) is 2. The molecular weight excluding hydrogens is 497 g/mol. The number of hydrogen-bond donors (Lipinski definition) is 1. The Labute approximate surface area is 201 Å². The Hall–Kier alpha value is -3.18. The van der Waals surface area contributed by atoms with Gasteiger partial charge in [-0.2, -0.15) is 13.2 Å². The number of rotatable bonds is 7. The van der Waals surface area contributed by atoms with Crippen LogP contribution in [-0.4, -0.2) is 42.2 Å². The normalized spacial score (nSPS) is 15.1. The van der Waals surface area contributed by atoms with Gasteiger partial charge in [-0.05, 0) is 60.7 Å². The van der Waals surface area contributed by atoms with E-state index in [0.717, 1.165) is 18.2 Å². The van der Waals surface area contributed by atoms with Crippen molar-refractivity contribution in [1.82, 2.24) is 4.90 Å². The molecule has 0 radical (unpaired) electrons. The number of nitrogens with zero attached hydrogens (tertiary/aromatic N) is 1.